The van der Waals surface area contributed by atoms with Crippen molar-refractivity contribution in [1.82, 2.24) is 9.21 Å². The fourth-order valence-electron chi connectivity index (χ4n) is 4.43. The highest BCUT2D eigenvalue weighted by Gasteiger charge is 2.35. The number of fused-ring (bicyclic) bond motifs is 1. The monoisotopic (exact) mass is 562 g/mol. The zero-order valence-electron chi connectivity index (χ0n) is 21.1. The Morgan fingerprint density at radius 1 is 1.14 bits per heavy atom. The molecule has 0 N–H and O–H groups in total. The van der Waals surface area contributed by atoms with Crippen molar-refractivity contribution in [3.05, 3.63) is 75.4 Å². The maximum Gasteiger partial charge on any atom is 0.243 e. The van der Waals surface area contributed by atoms with E-state index in [0.717, 1.165) is 12.0 Å². The first-order valence-electron chi connectivity index (χ1n) is 12.1. The number of ether oxygens (including phenoxy) is 2. The standard InChI is InChI=1S/C27H31ClN2O5S2/c1-19(2)16-29(37(32,33)21-10-8-20(28)9-11-21)17-27(31)30-14-12-26-22(13-15-36-26)23(30)18-35-25-7-5-4-6-24(25)34-3/h4-11,13,15,19,23H,12,14,16-18H2,1-3H3/t23-/m1/s1. The van der Waals surface area contributed by atoms with Gasteiger partial charge in [-0.2, -0.15) is 4.31 Å². The van der Waals surface area contributed by atoms with Gasteiger partial charge in [-0.05, 0) is 65.7 Å². The number of amides is 1. The number of sulfonamides is 1. The van der Waals surface area contributed by atoms with Crippen molar-refractivity contribution in [3.8, 4) is 11.5 Å². The molecule has 1 aliphatic heterocycles. The van der Waals surface area contributed by atoms with Crippen LogP contribution in [0.2, 0.25) is 5.02 Å². The minimum absolute atomic E-state index is 0.0318. The topological polar surface area (TPSA) is 76.2 Å². The van der Waals surface area contributed by atoms with Gasteiger partial charge in [0.25, 0.3) is 0 Å². The van der Waals surface area contributed by atoms with Gasteiger partial charge >= 0.3 is 0 Å². The predicted molar refractivity (Wildman–Crippen MR) is 146 cm³/mol. The third kappa shape index (κ3) is 6.29. The van der Waals surface area contributed by atoms with Gasteiger partial charge < -0.3 is 14.4 Å². The molecule has 2 heterocycles. The number of nitrogens with zero attached hydrogens (tertiary/aromatic N) is 2. The molecular weight excluding hydrogens is 532 g/mol. The lowest BCUT2D eigenvalue weighted by atomic mass is 10.0. The van der Waals surface area contributed by atoms with E-state index in [4.69, 9.17) is 21.1 Å². The van der Waals surface area contributed by atoms with Gasteiger partial charge in [0.1, 0.15) is 6.61 Å². The van der Waals surface area contributed by atoms with Crippen LogP contribution in [0.25, 0.3) is 0 Å². The molecule has 0 bridgehead atoms. The van der Waals surface area contributed by atoms with Gasteiger partial charge in [-0.25, -0.2) is 8.42 Å². The molecule has 1 amide bonds. The molecule has 1 aromatic heterocycles. The summed E-state index contributed by atoms with van der Waals surface area (Å²) < 4.78 is 39.8. The number of para-hydroxylation sites is 2. The summed E-state index contributed by atoms with van der Waals surface area (Å²) in [6, 6.07) is 15.1. The van der Waals surface area contributed by atoms with Crippen LogP contribution < -0.4 is 9.47 Å². The summed E-state index contributed by atoms with van der Waals surface area (Å²) in [6.45, 7) is 4.53. The normalized spacial score (nSPS) is 15.6. The van der Waals surface area contributed by atoms with Crippen LogP contribution in [0.5, 0.6) is 11.5 Å². The molecule has 0 fully saturated rings. The van der Waals surface area contributed by atoms with Crippen molar-refractivity contribution in [2.45, 2.75) is 31.2 Å². The second-order valence-electron chi connectivity index (χ2n) is 9.26. The number of thiophene rings is 1. The SMILES string of the molecule is COc1ccccc1OC[C@@H]1c2ccsc2CCN1C(=O)CN(CC(C)C)S(=O)(=O)c1ccc(Cl)cc1. The molecule has 1 atom stereocenters. The average Bonchev–Trinajstić information content (AvgIpc) is 3.36. The Morgan fingerprint density at radius 2 is 1.84 bits per heavy atom. The highest BCUT2D eigenvalue weighted by molar-refractivity contribution is 7.89. The van der Waals surface area contributed by atoms with Gasteiger partial charge in [0.15, 0.2) is 11.5 Å². The molecule has 4 rings (SSSR count). The van der Waals surface area contributed by atoms with Gasteiger partial charge in [-0.15, -0.1) is 11.3 Å². The number of halogens is 1. The quantitative estimate of drug-likeness (QED) is 0.337. The number of carbonyl (C=O) groups excluding carboxylic acids is 1. The maximum absolute atomic E-state index is 13.7. The van der Waals surface area contributed by atoms with Crippen LogP contribution >= 0.6 is 22.9 Å². The van der Waals surface area contributed by atoms with Crippen molar-refractivity contribution in [3.63, 3.8) is 0 Å². The van der Waals surface area contributed by atoms with Crippen LogP contribution in [-0.4, -0.2) is 56.9 Å². The first-order chi connectivity index (χ1) is 17.7. The molecule has 0 spiro atoms. The molecule has 3 aromatic rings. The molecule has 0 saturated heterocycles. The van der Waals surface area contributed by atoms with E-state index in [0.29, 0.717) is 23.1 Å². The van der Waals surface area contributed by atoms with Crippen molar-refractivity contribution in [2.24, 2.45) is 5.92 Å². The fourth-order valence-corrected chi connectivity index (χ4v) is 7.04. The van der Waals surface area contributed by atoms with Gasteiger partial charge in [0.05, 0.1) is 24.6 Å². The van der Waals surface area contributed by atoms with Gasteiger partial charge in [0, 0.05) is 23.0 Å². The summed E-state index contributed by atoms with van der Waals surface area (Å²) in [4.78, 5) is 16.8. The number of hydrogen-bond acceptors (Lipinski definition) is 6. The highest BCUT2D eigenvalue weighted by Crippen LogP contribution is 2.35. The third-order valence-corrected chi connectivity index (χ3v) is 9.29. The Morgan fingerprint density at radius 3 is 2.51 bits per heavy atom. The Balaban J connectivity index is 1.58. The molecule has 2 aromatic carbocycles. The van der Waals surface area contributed by atoms with E-state index in [1.807, 2.05) is 49.6 Å². The minimum Gasteiger partial charge on any atom is -0.493 e. The van der Waals surface area contributed by atoms with E-state index in [9.17, 15) is 13.2 Å². The van der Waals surface area contributed by atoms with E-state index in [-0.39, 0.29) is 42.5 Å². The molecular formula is C27H31ClN2O5S2. The van der Waals surface area contributed by atoms with Crippen LogP contribution in [0.4, 0.5) is 0 Å². The number of rotatable bonds is 10. The number of carbonyl (C=O) groups is 1. The molecule has 0 aliphatic carbocycles. The van der Waals surface area contributed by atoms with Gasteiger partial charge in [0.2, 0.25) is 15.9 Å². The molecule has 0 saturated carbocycles. The minimum atomic E-state index is -3.90. The van der Waals surface area contributed by atoms with E-state index in [1.54, 1.807) is 23.3 Å². The predicted octanol–water partition coefficient (Wildman–Crippen LogP) is 5.26. The number of methoxy groups -OCH3 is 1. The van der Waals surface area contributed by atoms with Gasteiger partial charge in [-0.1, -0.05) is 37.6 Å². The summed E-state index contributed by atoms with van der Waals surface area (Å²) in [7, 11) is -2.31. The lowest BCUT2D eigenvalue weighted by Crippen LogP contribution is -2.48. The van der Waals surface area contributed by atoms with Crippen LogP contribution in [0, 0.1) is 5.92 Å². The Labute approximate surface area is 227 Å². The second-order valence-corrected chi connectivity index (χ2v) is 12.6. The summed E-state index contributed by atoms with van der Waals surface area (Å²) in [5.41, 5.74) is 1.04. The lowest BCUT2D eigenvalue weighted by molar-refractivity contribution is -0.135. The van der Waals surface area contributed by atoms with Crippen LogP contribution in [0.15, 0.2) is 64.9 Å². The summed E-state index contributed by atoms with van der Waals surface area (Å²) in [6.07, 6.45) is 0.720. The molecule has 10 heteroatoms. The van der Waals surface area contributed by atoms with E-state index in [1.165, 1.54) is 33.4 Å². The third-order valence-electron chi connectivity index (χ3n) is 6.21. The van der Waals surface area contributed by atoms with Crippen LogP contribution in [0.3, 0.4) is 0 Å². The molecule has 0 radical (unpaired) electrons. The Hall–Kier alpha value is -2.59. The molecule has 198 valence electrons. The summed E-state index contributed by atoms with van der Waals surface area (Å²) in [5.74, 6) is 0.971. The Kier molecular flexibility index (Phi) is 8.79. The maximum atomic E-state index is 13.7. The number of hydrogen-bond donors (Lipinski definition) is 0. The van der Waals surface area contributed by atoms with Crippen molar-refractivity contribution < 1.29 is 22.7 Å². The first-order valence-corrected chi connectivity index (χ1v) is 14.8. The van der Waals surface area contributed by atoms with E-state index >= 15 is 0 Å². The summed E-state index contributed by atoms with van der Waals surface area (Å²) in [5, 5.41) is 2.47. The van der Waals surface area contributed by atoms with Crippen molar-refractivity contribution in [2.75, 3.05) is 33.4 Å². The zero-order valence-corrected chi connectivity index (χ0v) is 23.5. The van der Waals surface area contributed by atoms with E-state index < -0.39 is 10.0 Å². The summed E-state index contributed by atoms with van der Waals surface area (Å²) >= 11 is 7.63. The molecule has 1 aliphatic rings. The molecule has 0 unspecified atom stereocenters. The van der Waals surface area contributed by atoms with Crippen LogP contribution in [-0.2, 0) is 21.2 Å². The van der Waals surface area contributed by atoms with Crippen LogP contribution in [0.1, 0.15) is 30.3 Å². The van der Waals surface area contributed by atoms with Crippen molar-refractivity contribution >= 4 is 38.9 Å². The second kappa shape index (κ2) is 11.9. The zero-order chi connectivity index (χ0) is 26.6. The smallest absolute Gasteiger partial charge is 0.243 e. The average molecular weight is 563 g/mol. The lowest BCUT2D eigenvalue weighted by Gasteiger charge is -2.37. The molecule has 37 heavy (non-hydrogen) atoms. The Bertz CT molecular complexity index is 1320. The number of benzene rings is 2. The molecule has 7 nitrogen and oxygen atoms in total. The van der Waals surface area contributed by atoms with Crippen molar-refractivity contribution in [1.29, 1.82) is 0 Å². The van der Waals surface area contributed by atoms with Gasteiger partial charge in [-0.3, -0.25) is 4.79 Å². The largest absolute Gasteiger partial charge is 0.493 e. The van der Waals surface area contributed by atoms with E-state index in [2.05, 4.69) is 0 Å². The first kappa shape index (κ1) is 27.4. The highest BCUT2D eigenvalue weighted by atomic mass is 35.5. The fraction of sp³-hybridized carbons (Fsp3) is 0.370.